The summed E-state index contributed by atoms with van der Waals surface area (Å²) < 4.78 is 22.9. The first kappa shape index (κ1) is 12.3. The summed E-state index contributed by atoms with van der Waals surface area (Å²) >= 11 is 5.80. The van der Waals surface area contributed by atoms with Crippen LogP contribution >= 0.6 is 11.6 Å². The summed E-state index contributed by atoms with van der Waals surface area (Å²) in [6, 6.07) is 6.82. The van der Waals surface area contributed by atoms with E-state index in [0.717, 1.165) is 0 Å². The van der Waals surface area contributed by atoms with Crippen molar-refractivity contribution in [1.29, 1.82) is 0 Å². The van der Waals surface area contributed by atoms with Crippen LogP contribution in [0, 0.1) is 6.92 Å². The Morgan fingerprint density at radius 2 is 1.93 bits per heavy atom. The van der Waals surface area contributed by atoms with Crippen molar-refractivity contribution in [3.8, 4) is 0 Å². The molecule has 0 aliphatic heterocycles. The van der Waals surface area contributed by atoms with Crippen molar-refractivity contribution in [3.05, 3.63) is 42.0 Å². The molecule has 0 saturated carbocycles. The molecule has 0 N–H and O–H groups in total. The van der Waals surface area contributed by atoms with Crippen LogP contribution in [0.15, 0.2) is 41.3 Å². The zero-order valence-electron chi connectivity index (χ0n) is 8.64. The summed E-state index contributed by atoms with van der Waals surface area (Å²) in [5, 5.41) is 0. The van der Waals surface area contributed by atoms with Gasteiger partial charge in [0.25, 0.3) is 0 Å². The van der Waals surface area contributed by atoms with Gasteiger partial charge in [0.2, 0.25) is 0 Å². The topological polar surface area (TPSA) is 34.1 Å². The number of benzene rings is 1. The molecule has 4 heteroatoms. The lowest BCUT2D eigenvalue weighted by molar-refractivity contribution is 0.596. The molecule has 0 radical (unpaired) electrons. The molecule has 0 saturated heterocycles. The first-order valence-corrected chi connectivity index (χ1v) is 6.55. The monoisotopic (exact) mass is 244 g/mol. The summed E-state index contributed by atoms with van der Waals surface area (Å²) in [6.07, 6.45) is 3.09. The minimum Gasteiger partial charge on any atom is -0.222 e. The van der Waals surface area contributed by atoms with Crippen LogP contribution in [0.4, 0.5) is 0 Å². The van der Waals surface area contributed by atoms with Crippen LogP contribution in [-0.4, -0.2) is 13.1 Å². The number of halogens is 1. The van der Waals surface area contributed by atoms with Gasteiger partial charge in [-0.25, -0.2) is 8.42 Å². The van der Waals surface area contributed by atoms with E-state index in [0.29, 0.717) is 10.5 Å². The zero-order valence-corrected chi connectivity index (χ0v) is 10.2. The average molecular weight is 245 g/mol. The molecule has 0 bridgehead atoms. The van der Waals surface area contributed by atoms with Gasteiger partial charge in [0.05, 0.1) is 4.90 Å². The number of aryl methyl sites for hydroxylation is 1. The van der Waals surface area contributed by atoms with Gasteiger partial charge in [-0.3, -0.25) is 0 Å². The molecule has 1 aromatic rings. The Balaban J connectivity index is 3.24. The second kappa shape index (κ2) is 4.81. The van der Waals surface area contributed by atoms with Gasteiger partial charge in [0.15, 0.2) is 14.5 Å². The number of hydrogen-bond acceptors (Lipinski definition) is 2. The standard InChI is InChI=1S/C11H13ClO2S/c1-3-6-11(12)15(13,14)10-8-5-4-7-9(10)2/h3-8,11H,1-2H3/b6-3+. The Hall–Kier alpha value is -0.800. The Morgan fingerprint density at radius 3 is 2.47 bits per heavy atom. The van der Waals surface area contributed by atoms with Crippen LogP contribution < -0.4 is 0 Å². The number of alkyl halides is 1. The van der Waals surface area contributed by atoms with Crippen LogP contribution in [-0.2, 0) is 9.84 Å². The van der Waals surface area contributed by atoms with Gasteiger partial charge in [0.1, 0.15) is 0 Å². The summed E-state index contributed by atoms with van der Waals surface area (Å²) in [5.41, 5.74) is 0.715. The van der Waals surface area contributed by atoms with E-state index in [1.165, 1.54) is 6.08 Å². The molecular formula is C11H13ClO2S. The molecule has 0 heterocycles. The number of rotatable bonds is 3. The molecular weight excluding hydrogens is 232 g/mol. The summed E-state index contributed by atoms with van der Waals surface area (Å²) in [6.45, 7) is 3.49. The highest BCUT2D eigenvalue weighted by molar-refractivity contribution is 7.93. The predicted octanol–water partition coefficient (Wildman–Crippen LogP) is 2.91. The Morgan fingerprint density at radius 1 is 1.33 bits per heavy atom. The van der Waals surface area contributed by atoms with Gasteiger partial charge in [-0.1, -0.05) is 30.4 Å². The van der Waals surface area contributed by atoms with Crippen LogP contribution in [0.3, 0.4) is 0 Å². The summed E-state index contributed by atoms with van der Waals surface area (Å²) in [4.78, 5) is 0.295. The molecule has 15 heavy (non-hydrogen) atoms. The minimum atomic E-state index is -3.45. The first-order chi connectivity index (χ1) is 7.00. The van der Waals surface area contributed by atoms with Gasteiger partial charge in [-0.05, 0) is 25.5 Å². The van der Waals surface area contributed by atoms with E-state index in [9.17, 15) is 8.42 Å². The van der Waals surface area contributed by atoms with E-state index in [-0.39, 0.29) is 0 Å². The van der Waals surface area contributed by atoms with Crippen LogP contribution in [0.1, 0.15) is 12.5 Å². The Kier molecular flexibility index (Phi) is 3.94. The normalized spacial score (nSPS) is 14.3. The molecule has 0 aliphatic carbocycles. The molecule has 1 aromatic carbocycles. The largest absolute Gasteiger partial charge is 0.222 e. The third kappa shape index (κ3) is 2.61. The van der Waals surface area contributed by atoms with E-state index in [4.69, 9.17) is 11.6 Å². The quantitative estimate of drug-likeness (QED) is 0.605. The second-order valence-electron chi connectivity index (χ2n) is 3.19. The van der Waals surface area contributed by atoms with E-state index in [1.54, 1.807) is 44.2 Å². The maximum absolute atomic E-state index is 12.0. The fourth-order valence-electron chi connectivity index (χ4n) is 1.25. The van der Waals surface area contributed by atoms with Crippen molar-refractivity contribution in [1.82, 2.24) is 0 Å². The maximum atomic E-state index is 12.0. The molecule has 1 atom stereocenters. The van der Waals surface area contributed by atoms with Gasteiger partial charge < -0.3 is 0 Å². The van der Waals surface area contributed by atoms with E-state index in [1.807, 2.05) is 0 Å². The molecule has 0 fully saturated rings. The van der Waals surface area contributed by atoms with Crippen molar-refractivity contribution in [2.45, 2.75) is 23.5 Å². The average Bonchev–Trinajstić information content (AvgIpc) is 2.18. The third-order valence-corrected chi connectivity index (χ3v) is 4.71. The SMILES string of the molecule is C/C=C/C(Cl)S(=O)(=O)c1ccccc1C. The maximum Gasteiger partial charge on any atom is 0.199 e. The van der Waals surface area contributed by atoms with Crippen LogP contribution in [0.25, 0.3) is 0 Å². The highest BCUT2D eigenvalue weighted by Gasteiger charge is 2.23. The van der Waals surface area contributed by atoms with Crippen molar-refractivity contribution in [2.75, 3.05) is 0 Å². The van der Waals surface area contributed by atoms with Crippen molar-refractivity contribution >= 4 is 21.4 Å². The number of allylic oxidation sites excluding steroid dienone is 1. The molecule has 0 amide bonds. The van der Waals surface area contributed by atoms with Gasteiger partial charge in [-0.15, -0.1) is 11.6 Å². The van der Waals surface area contributed by atoms with Crippen molar-refractivity contribution < 1.29 is 8.42 Å². The van der Waals surface area contributed by atoms with Crippen molar-refractivity contribution in [2.24, 2.45) is 0 Å². The molecule has 82 valence electrons. The minimum absolute atomic E-state index is 0.295. The third-order valence-electron chi connectivity index (χ3n) is 2.04. The van der Waals surface area contributed by atoms with E-state index in [2.05, 4.69) is 0 Å². The van der Waals surface area contributed by atoms with E-state index >= 15 is 0 Å². The summed E-state index contributed by atoms with van der Waals surface area (Å²) in [5.74, 6) is 0. The fraction of sp³-hybridized carbons (Fsp3) is 0.273. The zero-order chi connectivity index (χ0) is 11.5. The molecule has 1 rings (SSSR count). The van der Waals surface area contributed by atoms with Gasteiger partial charge >= 0.3 is 0 Å². The highest BCUT2D eigenvalue weighted by Crippen LogP contribution is 2.22. The van der Waals surface area contributed by atoms with Gasteiger partial charge in [0, 0.05) is 0 Å². The van der Waals surface area contributed by atoms with E-state index < -0.39 is 14.5 Å². The summed E-state index contributed by atoms with van der Waals surface area (Å²) in [7, 11) is -3.45. The van der Waals surface area contributed by atoms with Crippen LogP contribution in [0.5, 0.6) is 0 Å². The Bertz CT molecular complexity index is 463. The number of hydrogen-bond donors (Lipinski definition) is 0. The molecule has 2 nitrogen and oxygen atoms in total. The highest BCUT2D eigenvalue weighted by atomic mass is 35.5. The van der Waals surface area contributed by atoms with Gasteiger partial charge in [-0.2, -0.15) is 0 Å². The lowest BCUT2D eigenvalue weighted by Gasteiger charge is -2.09. The lowest BCUT2D eigenvalue weighted by atomic mass is 10.2. The smallest absolute Gasteiger partial charge is 0.199 e. The predicted molar refractivity (Wildman–Crippen MR) is 62.8 cm³/mol. The molecule has 0 aliphatic rings. The first-order valence-electron chi connectivity index (χ1n) is 4.56. The molecule has 1 unspecified atom stereocenters. The fourth-order valence-corrected chi connectivity index (χ4v) is 3.08. The van der Waals surface area contributed by atoms with Crippen molar-refractivity contribution in [3.63, 3.8) is 0 Å². The molecule has 0 spiro atoms. The second-order valence-corrected chi connectivity index (χ2v) is 5.95. The Labute approximate surface area is 95.5 Å². The molecule has 0 aromatic heterocycles. The van der Waals surface area contributed by atoms with Crippen LogP contribution in [0.2, 0.25) is 0 Å². The number of sulfone groups is 1. The lowest BCUT2D eigenvalue weighted by Crippen LogP contribution is -2.14.